The first-order valence-corrected chi connectivity index (χ1v) is 6.82. The molecule has 0 bridgehead atoms. The lowest BCUT2D eigenvalue weighted by molar-refractivity contribution is 0.142. The third-order valence-electron chi connectivity index (χ3n) is 3.67. The first kappa shape index (κ1) is 14.1. The lowest BCUT2D eigenvalue weighted by Gasteiger charge is -2.09. The molecular formula is C15H16N4O3. The van der Waals surface area contributed by atoms with Crippen molar-refractivity contribution in [2.75, 3.05) is 7.11 Å². The Balaban J connectivity index is 2.32. The zero-order valence-corrected chi connectivity index (χ0v) is 12.6. The van der Waals surface area contributed by atoms with Crippen molar-refractivity contribution in [3.63, 3.8) is 0 Å². The van der Waals surface area contributed by atoms with Crippen LogP contribution in [-0.4, -0.2) is 26.0 Å². The molecule has 3 aromatic rings. The molecule has 0 amide bonds. The first-order valence-electron chi connectivity index (χ1n) is 6.82. The zero-order valence-electron chi connectivity index (χ0n) is 12.6. The normalized spacial score (nSPS) is 11.0. The zero-order chi connectivity index (χ0) is 15.9. The molecule has 0 aliphatic heterocycles. The summed E-state index contributed by atoms with van der Waals surface area (Å²) in [6, 6.07) is 9.76. The maximum atomic E-state index is 12.5. The molecule has 0 radical (unpaired) electrons. The lowest BCUT2D eigenvalue weighted by Crippen LogP contribution is -2.42. The molecule has 0 aliphatic rings. The number of rotatable bonds is 3. The molecule has 0 saturated carbocycles. The van der Waals surface area contributed by atoms with E-state index in [0.717, 1.165) is 10.3 Å². The van der Waals surface area contributed by atoms with Crippen molar-refractivity contribution in [1.29, 1.82) is 0 Å². The quantitative estimate of drug-likeness (QED) is 0.698. The van der Waals surface area contributed by atoms with Crippen molar-refractivity contribution in [3.05, 3.63) is 62.6 Å². The minimum atomic E-state index is -0.552. The SMILES string of the molecule is COn1c(=O)c2c(nc(C)n2Cc2ccccc2)n(C)c1=O. The van der Waals surface area contributed by atoms with Gasteiger partial charge in [0.15, 0.2) is 11.2 Å². The second-order valence-corrected chi connectivity index (χ2v) is 5.03. The van der Waals surface area contributed by atoms with E-state index in [1.165, 1.54) is 11.7 Å². The van der Waals surface area contributed by atoms with Crippen LogP contribution in [0.3, 0.4) is 0 Å². The van der Waals surface area contributed by atoms with E-state index in [1.807, 2.05) is 37.3 Å². The fourth-order valence-electron chi connectivity index (χ4n) is 2.52. The molecule has 0 N–H and O–H groups in total. The predicted molar refractivity (Wildman–Crippen MR) is 82.0 cm³/mol. The van der Waals surface area contributed by atoms with Crippen LogP contribution in [0, 0.1) is 6.92 Å². The number of hydrogen-bond acceptors (Lipinski definition) is 4. The van der Waals surface area contributed by atoms with Gasteiger partial charge in [-0.15, -0.1) is 0 Å². The van der Waals surface area contributed by atoms with Gasteiger partial charge in [-0.1, -0.05) is 35.1 Å². The molecule has 1 aromatic carbocycles. The highest BCUT2D eigenvalue weighted by molar-refractivity contribution is 5.71. The van der Waals surface area contributed by atoms with Gasteiger partial charge in [-0.05, 0) is 12.5 Å². The largest absolute Gasteiger partial charge is 0.409 e. The first-order chi connectivity index (χ1) is 10.5. The van der Waals surface area contributed by atoms with Crippen molar-refractivity contribution in [2.24, 2.45) is 7.05 Å². The fraction of sp³-hybridized carbons (Fsp3) is 0.267. The average molecular weight is 300 g/mol. The molecule has 7 heteroatoms. The maximum Gasteiger partial charge on any atom is 0.366 e. The molecule has 0 spiro atoms. The lowest BCUT2D eigenvalue weighted by atomic mass is 10.2. The Morgan fingerprint density at radius 1 is 1.18 bits per heavy atom. The molecule has 0 saturated heterocycles. The van der Waals surface area contributed by atoms with E-state index in [0.29, 0.717) is 23.5 Å². The monoisotopic (exact) mass is 300 g/mol. The van der Waals surface area contributed by atoms with Crippen LogP contribution in [0.2, 0.25) is 0 Å². The van der Waals surface area contributed by atoms with Crippen molar-refractivity contribution in [1.82, 2.24) is 18.8 Å². The molecule has 0 fully saturated rings. The summed E-state index contributed by atoms with van der Waals surface area (Å²) in [5, 5.41) is 0. The van der Waals surface area contributed by atoms with Crippen LogP contribution in [0.25, 0.3) is 11.2 Å². The molecule has 3 rings (SSSR count). The Kier molecular flexibility index (Phi) is 3.32. The summed E-state index contributed by atoms with van der Waals surface area (Å²) < 4.78 is 3.85. The van der Waals surface area contributed by atoms with Gasteiger partial charge >= 0.3 is 11.2 Å². The molecule has 2 aromatic heterocycles. The second kappa shape index (κ2) is 5.18. The van der Waals surface area contributed by atoms with Crippen molar-refractivity contribution in [3.8, 4) is 0 Å². The van der Waals surface area contributed by atoms with Gasteiger partial charge in [0.05, 0.1) is 0 Å². The molecular weight excluding hydrogens is 284 g/mol. The number of aryl methyl sites for hydroxylation is 2. The third kappa shape index (κ3) is 2.02. The van der Waals surface area contributed by atoms with Crippen LogP contribution in [0.4, 0.5) is 0 Å². The Hall–Kier alpha value is -2.83. The van der Waals surface area contributed by atoms with Crippen molar-refractivity contribution >= 4 is 11.2 Å². The highest BCUT2D eigenvalue weighted by Gasteiger charge is 2.18. The van der Waals surface area contributed by atoms with Crippen LogP contribution in [0.1, 0.15) is 11.4 Å². The Bertz CT molecular complexity index is 951. The number of hydrogen-bond donors (Lipinski definition) is 0. The minimum Gasteiger partial charge on any atom is -0.409 e. The van der Waals surface area contributed by atoms with E-state index >= 15 is 0 Å². The number of imidazole rings is 1. The molecule has 22 heavy (non-hydrogen) atoms. The smallest absolute Gasteiger partial charge is 0.366 e. The average Bonchev–Trinajstić information content (AvgIpc) is 2.84. The van der Waals surface area contributed by atoms with Crippen LogP contribution in [0.5, 0.6) is 0 Å². The van der Waals surface area contributed by atoms with E-state index in [1.54, 1.807) is 11.6 Å². The van der Waals surface area contributed by atoms with Gasteiger partial charge in [0, 0.05) is 13.6 Å². The molecule has 7 nitrogen and oxygen atoms in total. The number of nitrogens with zero attached hydrogens (tertiary/aromatic N) is 4. The summed E-state index contributed by atoms with van der Waals surface area (Å²) in [5.74, 6) is 0.666. The Morgan fingerprint density at radius 3 is 2.50 bits per heavy atom. The molecule has 0 unspecified atom stereocenters. The summed E-state index contributed by atoms with van der Waals surface area (Å²) in [6.45, 7) is 2.31. The van der Waals surface area contributed by atoms with Gasteiger partial charge in [0.2, 0.25) is 0 Å². The van der Waals surface area contributed by atoms with Gasteiger partial charge in [0.25, 0.3) is 0 Å². The second-order valence-electron chi connectivity index (χ2n) is 5.03. The van der Waals surface area contributed by atoms with Gasteiger partial charge in [-0.2, -0.15) is 0 Å². The summed E-state index contributed by atoms with van der Waals surface area (Å²) in [5.41, 5.74) is 0.700. The highest BCUT2D eigenvalue weighted by atomic mass is 16.7. The van der Waals surface area contributed by atoms with Crippen LogP contribution >= 0.6 is 0 Å². The van der Waals surface area contributed by atoms with Crippen LogP contribution in [-0.2, 0) is 13.6 Å². The van der Waals surface area contributed by atoms with Gasteiger partial charge in [-0.3, -0.25) is 9.36 Å². The highest BCUT2D eigenvalue weighted by Crippen LogP contribution is 2.13. The topological polar surface area (TPSA) is 71.1 Å². The predicted octanol–water partition coefficient (Wildman–Crippen LogP) is 0.312. The molecule has 0 atom stereocenters. The molecule has 2 heterocycles. The number of fused-ring (bicyclic) bond motifs is 1. The van der Waals surface area contributed by atoms with Crippen molar-refractivity contribution < 1.29 is 4.84 Å². The summed E-state index contributed by atoms with van der Waals surface area (Å²) in [4.78, 5) is 33.9. The number of aromatic nitrogens is 4. The van der Waals surface area contributed by atoms with Crippen LogP contribution < -0.4 is 16.1 Å². The minimum absolute atomic E-state index is 0.352. The summed E-state index contributed by atoms with van der Waals surface area (Å²) in [6.07, 6.45) is 0. The molecule has 0 aliphatic carbocycles. The van der Waals surface area contributed by atoms with Crippen LogP contribution in [0.15, 0.2) is 39.9 Å². The van der Waals surface area contributed by atoms with E-state index in [4.69, 9.17) is 4.84 Å². The van der Waals surface area contributed by atoms with Gasteiger partial charge in [-0.25, -0.2) is 9.78 Å². The molecule has 114 valence electrons. The number of benzene rings is 1. The summed E-state index contributed by atoms with van der Waals surface area (Å²) >= 11 is 0. The van der Waals surface area contributed by atoms with E-state index < -0.39 is 11.2 Å². The van der Waals surface area contributed by atoms with E-state index in [9.17, 15) is 9.59 Å². The Morgan fingerprint density at radius 2 is 1.86 bits per heavy atom. The standard InChI is InChI=1S/C15H16N4O3/c1-10-16-13-12(14(20)19(22-3)15(21)17(13)2)18(10)9-11-7-5-4-6-8-11/h4-8H,9H2,1-3H3. The maximum absolute atomic E-state index is 12.5. The summed E-state index contributed by atoms with van der Waals surface area (Å²) in [7, 11) is 2.86. The third-order valence-corrected chi connectivity index (χ3v) is 3.67. The fourth-order valence-corrected chi connectivity index (χ4v) is 2.52. The van der Waals surface area contributed by atoms with E-state index in [-0.39, 0.29) is 0 Å². The van der Waals surface area contributed by atoms with Gasteiger partial charge < -0.3 is 9.40 Å². The van der Waals surface area contributed by atoms with Crippen molar-refractivity contribution in [2.45, 2.75) is 13.5 Å². The Labute approximate surface area is 126 Å². The van der Waals surface area contributed by atoms with Gasteiger partial charge in [0.1, 0.15) is 12.9 Å². The van der Waals surface area contributed by atoms with E-state index in [2.05, 4.69) is 4.98 Å².